The van der Waals surface area contributed by atoms with Crippen LogP contribution in [0.5, 0.6) is 0 Å². The van der Waals surface area contributed by atoms with Crippen molar-refractivity contribution >= 4 is 96.9 Å². The lowest BCUT2D eigenvalue weighted by Crippen LogP contribution is -2.01. The van der Waals surface area contributed by atoms with Crippen LogP contribution in [0.3, 0.4) is 0 Å². The average Bonchev–Trinajstić information content (AvgIpc) is 4.07. The molecule has 0 bridgehead atoms. The van der Waals surface area contributed by atoms with E-state index in [9.17, 15) is 0 Å². The molecule has 4 heterocycles. The minimum atomic E-state index is 0.566. The Bertz CT molecular complexity index is 4270. The van der Waals surface area contributed by atoms with E-state index in [1.54, 1.807) is 0 Å². The molecule has 0 unspecified atom stereocenters. The van der Waals surface area contributed by atoms with E-state index in [-0.39, 0.29) is 0 Å². The van der Waals surface area contributed by atoms with Crippen molar-refractivity contribution in [3.8, 4) is 56.4 Å². The first-order valence-corrected chi connectivity index (χ1v) is 22.6. The van der Waals surface area contributed by atoms with Crippen molar-refractivity contribution in [2.24, 2.45) is 0 Å². The molecule has 65 heavy (non-hydrogen) atoms. The summed E-state index contributed by atoms with van der Waals surface area (Å²) in [7, 11) is 0. The number of aromatic nitrogens is 3. The third-order valence-electron chi connectivity index (χ3n) is 13.0. The van der Waals surface area contributed by atoms with Gasteiger partial charge >= 0.3 is 0 Å². The molecule has 0 amide bonds. The summed E-state index contributed by atoms with van der Waals surface area (Å²) in [5, 5.41) is 10.9. The van der Waals surface area contributed by atoms with E-state index in [0.29, 0.717) is 17.5 Å². The number of fused-ring (bicyclic) bond motifs is 12. The molecular formula is C59H33N3O2S. The molecule has 0 saturated carbocycles. The molecule has 5 nitrogen and oxygen atoms in total. The molecule has 14 aromatic rings. The van der Waals surface area contributed by atoms with Gasteiger partial charge in [0.2, 0.25) is 0 Å². The molecule has 0 aliphatic carbocycles. The molecule has 0 spiro atoms. The van der Waals surface area contributed by atoms with Gasteiger partial charge in [0.05, 0.1) is 0 Å². The molecule has 0 aliphatic heterocycles. The summed E-state index contributed by atoms with van der Waals surface area (Å²) in [6.45, 7) is 0. The SMILES string of the molecule is c1cc(-c2ccc3oc4cccc(-c5nc(-c6cccc7ccccc67)nc(-c6cccc7c6ccc6c8ccccc8oc76)n5)c4c3c2)cc(-c2cccc3sc4ccccc4c23)c1. The Balaban J connectivity index is 0.967. The standard InChI is InChI=1S/C59H33N3O2S/c1-2-16-38-34(12-1)13-8-21-44(38)57-60-58(45-22-9-20-42-40(45)29-30-43-41-17-3-5-24-49(41)64-56(42)43)62-59(61-57)47-23-10-25-51-54(47)48-33-36(28-31-50(48)63-51)35-14-7-15-37(32-35)39-19-11-27-53-55(39)46-18-4-6-26-52(46)65-53/h1-33H. The van der Waals surface area contributed by atoms with E-state index < -0.39 is 0 Å². The van der Waals surface area contributed by atoms with Crippen LogP contribution in [0.4, 0.5) is 0 Å². The Kier molecular flexibility index (Phi) is 7.79. The van der Waals surface area contributed by atoms with Crippen LogP contribution in [-0.4, -0.2) is 15.0 Å². The van der Waals surface area contributed by atoms with Gasteiger partial charge in [-0.25, -0.2) is 15.0 Å². The van der Waals surface area contributed by atoms with Gasteiger partial charge < -0.3 is 8.83 Å². The van der Waals surface area contributed by atoms with Gasteiger partial charge in [0.15, 0.2) is 17.5 Å². The first-order valence-electron chi connectivity index (χ1n) is 21.7. The molecule has 6 heteroatoms. The van der Waals surface area contributed by atoms with Gasteiger partial charge in [-0.05, 0) is 86.9 Å². The first-order chi connectivity index (χ1) is 32.2. The zero-order valence-electron chi connectivity index (χ0n) is 34.6. The van der Waals surface area contributed by atoms with Crippen LogP contribution in [-0.2, 0) is 0 Å². The van der Waals surface area contributed by atoms with Crippen LogP contribution < -0.4 is 0 Å². The molecule has 0 N–H and O–H groups in total. The van der Waals surface area contributed by atoms with E-state index in [0.717, 1.165) is 93.2 Å². The first kappa shape index (κ1) is 36.1. The normalized spacial score (nSPS) is 12.0. The second kappa shape index (κ2) is 14.0. The summed E-state index contributed by atoms with van der Waals surface area (Å²) in [6, 6.07) is 70.3. The average molecular weight is 848 g/mol. The van der Waals surface area contributed by atoms with Crippen molar-refractivity contribution in [1.82, 2.24) is 15.0 Å². The smallest absolute Gasteiger partial charge is 0.164 e. The van der Waals surface area contributed by atoms with E-state index >= 15 is 0 Å². The summed E-state index contributed by atoms with van der Waals surface area (Å²) in [6.07, 6.45) is 0. The maximum absolute atomic E-state index is 6.61. The number of rotatable bonds is 5. The van der Waals surface area contributed by atoms with Crippen LogP contribution in [0, 0.1) is 0 Å². The maximum Gasteiger partial charge on any atom is 0.164 e. The van der Waals surface area contributed by atoms with E-state index in [4.69, 9.17) is 23.8 Å². The zero-order chi connectivity index (χ0) is 42.6. The number of nitrogens with zero attached hydrogens (tertiary/aromatic N) is 3. The highest BCUT2D eigenvalue weighted by atomic mass is 32.1. The number of para-hydroxylation sites is 1. The third-order valence-corrected chi connectivity index (χ3v) is 14.1. The molecule has 0 radical (unpaired) electrons. The lowest BCUT2D eigenvalue weighted by atomic mass is 9.95. The van der Waals surface area contributed by atoms with Gasteiger partial charge in [0, 0.05) is 63.8 Å². The van der Waals surface area contributed by atoms with E-state index in [1.807, 2.05) is 35.6 Å². The second-order valence-corrected chi connectivity index (χ2v) is 17.7. The van der Waals surface area contributed by atoms with Crippen molar-refractivity contribution < 1.29 is 8.83 Å². The Morgan fingerprint density at radius 2 is 0.877 bits per heavy atom. The van der Waals surface area contributed by atoms with Gasteiger partial charge in [-0.15, -0.1) is 11.3 Å². The maximum atomic E-state index is 6.61. The van der Waals surface area contributed by atoms with Crippen molar-refractivity contribution in [2.45, 2.75) is 0 Å². The van der Waals surface area contributed by atoms with Gasteiger partial charge in [-0.3, -0.25) is 0 Å². The van der Waals surface area contributed by atoms with Gasteiger partial charge in [0.1, 0.15) is 22.3 Å². The third kappa shape index (κ3) is 5.61. The van der Waals surface area contributed by atoms with E-state index in [1.165, 1.54) is 31.3 Å². The van der Waals surface area contributed by atoms with Gasteiger partial charge in [-0.2, -0.15) is 0 Å². The van der Waals surface area contributed by atoms with Crippen molar-refractivity contribution in [1.29, 1.82) is 0 Å². The monoisotopic (exact) mass is 847 g/mol. The highest BCUT2D eigenvalue weighted by molar-refractivity contribution is 7.25. The highest BCUT2D eigenvalue weighted by Gasteiger charge is 2.21. The van der Waals surface area contributed by atoms with Gasteiger partial charge in [-0.1, -0.05) is 152 Å². The lowest BCUT2D eigenvalue weighted by molar-refractivity contribution is 0.669. The van der Waals surface area contributed by atoms with E-state index in [2.05, 4.69) is 176 Å². The molecule has 0 saturated heterocycles. The number of thiophene rings is 1. The quantitative estimate of drug-likeness (QED) is 0.173. The predicted molar refractivity (Wildman–Crippen MR) is 269 cm³/mol. The molecule has 4 aromatic heterocycles. The summed E-state index contributed by atoms with van der Waals surface area (Å²) in [5.74, 6) is 1.74. The topological polar surface area (TPSA) is 65.0 Å². The zero-order valence-corrected chi connectivity index (χ0v) is 35.4. The Hall–Kier alpha value is -8.45. The fourth-order valence-corrected chi connectivity index (χ4v) is 11.1. The van der Waals surface area contributed by atoms with Crippen LogP contribution in [0.25, 0.3) is 142 Å². The van der Waals surface area contributed by atoms with Crippen LogP contribution in [0.15, 0.2) is 209 Å². The minimum Gasteiger partial charge on any atom is -0.456 e. The van der Waals surface area contributed by atoms with Crippen LogP contribution >= 0.6 is 11.3 Å². The van der Waals surface area contributed by atoms with Crippen molar-refractivity contribution in [3.05, 3.63) is 200 Å². The molecular weight excluding hydrogens is 815 g/mol. The molecule has 302 valence electrons. The minimum absolute atomic E-state index is 0.566. The van der Waals surface area contributed by atoms with Crippen LogP contribution in [0.2, 0.25) is 0 Å². The van der Waals surface area contributed by atoms with Gasteiger partial charge in [0.25, 0.3) is 0 Å². The Labute approximate surface area is 375 Å². The summed E-state index contributed by atoms with van der Waals surface area (Å²) in [4.78, 5) is 16.0. The number of hydrogen-bond donors (Lipinski definition) is 0. The Morgan fingerprint density at radius 1 is 0.308 bits per heavy atom. The number of hydrogen-bond acceptors (Lipinski definition) is 6. The Morgan fingerprint density at radius 3 is 1.78 bits per heavy atom. The molecule has 14 rings (SSSR count). The fraction of sp³-hybridized carbons (Fsp3) is 0. The number of furan rings is 2. The summed E-state index contributed by atoms with van der Waals surface area (Å²) < 4.78 is 15.7. The molecule has 0 fully saturated rings. The molecule has 0 atom stereocenters. The van der Waals surface area contributed by atoms with Crippen molar-refractivity contribution in [3.63, 3.8) is 0 Å². The van der Waals surface area contributed by atoms with Crippen LogP contribution in [0.1, 0.15) is 0 Å². The largest absolute Gasteiger partial charge is 0.456 e. The highest BCUT2D eigenvalue weighted by Crippen LogP contribution is 2.43. The summed E-state index contributed by atoms with van der Waals surface area (Å²) >= 11 is 1.85. The predicted octanol–water partition coefficient (Wildman–Crippen LogP) is 16.7. The lowest BCUT2D eigenvalue weighted by Gasteiger charge is -2.12. The summed E-state index contributed by atoms with van der Waals surface area (Å²) in [5.41, 5.74) is 10.6. The second-order valence-electron chi connectivity index (χ2n) is 16.6. The molecule has 10 aromatic carbocycles. The number of benzene rings is 10. The molecule has 0 aliphatic rings. The van der Waals surface area contributed by atoms with Crippen molar-refractivity contribution in [2.75, 3.05) is 0 Å². The fourth-order valence-electron chi connectivity index (χ4n) is 9.97.